The van der Waals surface area contributed by atoms with Crippen molar-refractivity contribution >= 4 is 23.9 Å². The third-order valence-electron chi connectivity index (χ3n) is 0. The molecule has 0 saturated heterocycles. The molecule has 0 fully saturated rings. The van der Waals surface area contributed by atoms with Crippen LogP contribution in [0.25, 0.3) is 0 Å². The Morgan fingerprint density at radius 1 is 0.526 bits per heavy atom. The molecule has 1 radical (unpaired) electrons. The molecule has 0 aromatic carbocycles. The van der Waals surface area contributed by atoms with Crippen molar-refractivity contribution in [1.82, 2.24) is 12.3 Å². The Morgan fingerprint density at radius 3 is 0.526 bits per heavy atom. The molecule has 0 unspecified atom stereocenters. The molecule has 0 spiro atoms. The predicted octanol–water partition coefficient (Wildman–Crippen LogP) is -4.23. The maximum atomic E-state index is 8.89. The van der Waals surface area contributed by atoms with Crippen LogP contribution in [0.3, 0.4) is 0 Å². The van der Waals surface area contributed by atoms with E-state index in [1.54, 1.807) is 0 Å². The Bertz CT molecular complexity index is 171. The molecule has 10 nitrogen and oxygen atoms in total. The molecule has 0 aliphatic carbocycles. The van der Waals surface area contributed by atoms with E-state index in [0.717, 1.165) is 27.7 Å². The Kier molecular flexibility index (Phi) is 82.0. The summed E-state index contributed by atoms with van der Waals surface area (Å²) < 4.78 is 0. The second-order valence-electron chi connectivity index (χ2n) is 1.97. The summed E-state index contributed by atoms with van der Waals surface area (Å²) in [5.74, 6) is -4.33. The van der Waals surface area contributed by atoms with Crippen LogP contribution in [0.15, 0.2) is 0 Å². The van der Waals surface area contributed by atoms with Gasteiger partial charge in [-0.3, -0.25) is 0 Å². The van der Waals surface area contributed by atoms with Crippen molar-refractivity contribution in [2.45, 2.75) is 27.7 Å². The molecule has 0 aliphatic heterocycles. The third-order valence-corrected chi connectivity index (χ3v) is 0. The first-order valence-corrected chi connectivity index (χ1v) is 3.63. The number of quaternary nitrogens is 2. The molecule has 0 atom stereocenters. The standard InChI is InChI=1S/4C2H4O2.Cu.2H3N/c4*1-2(3)4;;;/h4*1H3,(H,3,4);;2*1H3/q;;;;+2;;/p-2. The molecular formula is C8H20CuN2O8. The minimum absolute atomic E-state index is 0. The normalized spacial score (nSPS) is 5.26. The topological polar surface area (TPSA) is 234 Å². The Balaban J connectivity index is -0.0000000192. The van der Waals surface area contributed by atoms with Gasteiger partial charge < -0.3 is 51.9 Å². The Labute approximate surface area is 121 Å². The van der Waals surface area contributed by atoms with E-state index < -0.39 is 23.9 Å². The molecule has 0 bridgehead atoms. The number of aliphatic carboxylic acids is 4. The summed E-state index contributed by atoms with van der Waals surface area (Å²) in [5, 5.41) is 35.6. The van der Waals surface area contributed by atoms with Gasteiger partial charge in [-0.25, -0.2) is 0 Å². The molecule has 8 N–H and O–H groups in total. The van der Waals surface area contributed by atoms with Crippen molar-refractivity contribution in [1.29, 1.82) is 0 Å². The van der Waals surface area contributed by atoms with Gasteiger partial charge in [0.15, 0.2) is 0 Å². The quantitative estimate of drug-likeness (QED) is 0.410. The van der Waals surface area contributed by atoms with E-state index in [2.05, 4.69) is 0 Å². The van der Waals surface area contributed by atoms with E-state index in [-0.39, 0.29) is 29.4 Å². The fourth-order valence-corrected chi connectivity index (χ4v) is 0. The van der Waals surface area contributed by atoms with E-state index in [4.69, 9.17) is 39.6 Å². The molecule has 0 rings (SSSR count). The number of carboxylic acid groups (broad SMARTS) is 4. The van der Waals surface area contributed by atoms with Crippen LogP contribution in [0.5, 0.6) is 0 Å². The largest absolute Gasteiger partial charge is 2.00 e. The van der Waals surface area contributed by atoms with Crippen molar-refractivity contribution in [2.75, 3.05) is 0 Å². The third kappa shape index (κ3) is 1180. The van der Waals surface area contributed by atoms with Gasteiger partial charge in [0, 0.05) is 23.9 Å². The van der Waals surface area contributed by atoms with Crippen LogP contribution in [0, 0.1) is 0 Å². The van der Waals surface area contributed by atoms with Gasteiger partial charge in [-0.2, -0.15) is 0 Å². The first-order valence-electron chi connectivity index (χ1n) is 3.63. The molecular weight excluding hydrogens is 316 g/mol. The second kappa shape index (κ2) is 36.0. The number of hydrogen-bond donors (Lipinski definition) is 2. The molecule has 19 heavy (non-hydrogen) atoms. The monoisotopic (exact) mass is 335 g/mol. The average Bonchev–Trinajstić information content (AvgIpc) is 1.76. The second-order valence-corrected chi connectivity index (χ2v) is 1.97. The molecule has 121 valence electrons. The summed E-state index contributed by atoms with van der Waals surface area (Å²) in [6.07, 6.45) is 0. The molecule has 0 aromatic rings. The summed E-state index contributed by atoms with van der Waals surface area (Å²) in [5.41, 5.74) is 0. The maximum Gasteiger partial charge on any atom is 2.00 e. The zero-order valence-electron chi connectivity index (χ0n) is 11.6. The van der Waals surface area contributed by atoms with Crippen LogP contribution in [-0.4, -0.2) is 23.9 Å². The fraction of sp³-hybridized carbons (Fsp3) is 0.500. The Morgan fingerprint density at radius 2 is 0.526 bits per heavy atom. The molecule has 0 saturated carbocycles. The Hall–Kier alpha value is -1.68. The zero-order chi connectivity index (χ0) is 14.3. The van der Waals surface area contributed by atoms with E-state index in [1.165, 1.54) is 0 Å². The van der Waals surface area contributed by atoms with Gasteiger partial charge in [-0.15, -0.1) is 0 Å². The number of hydrogen-bond acceptors (Lipinski definition) is 8. The van der Waals surface area contributed by atoms with Gasteiger partial charge in [0.25, 0.3) is 0 Å². The summed E-state index contributed by atoms with van der Waals surface area (Å²) in [4.78, 5) is 35.6. The number of carbonyl (C=O) groups excluding carboxylic acids is 4. The summed E-state index contributed by atoms with van der Waals surface area (Å²) in [6.45, 7) is 3.89. The van der Waals surface area contributed by atoms with Gasteiger partial charge in [0.2, 0.25) is 0 Å². The summed E-state index contributed by atoms with van der Waals surface area (Å²) >= 11 is 0. The van der Waals surface area contributed by atoms with Crippen LogP contribution in [0.2, 0.25) is 0 Å². The minimum Gasteiger partial charge on any atom is -0.550 e. The molecule has 0 aromatic heterocycles. The number of carbonyl (C=O) groups is 4. The summed E-state index contributed by atoms with van der Waals surface area (Å²) in [6, 6.07) is 0. The van der Waals surface area contributed by atoms with E-state index in [1.807, 2.05) is 0 Å². The van der Waals surface area contributed by atoms with Gasteiger partial charge in [0.05, 0.1) is 0 Å². The molecule has 0 heterocycles. The summed E-state index contributed by atoms with van der Waals surface area (Å²) in [7, 11) is 0. The van der Waals surface area contributed by atoms with Crippen molar-refractivity contribution < 1.29 is 56.7 Å². The van der Waals surface area contributed by atoms with Crippen molar-refractivity contribution in [3.8, 4) is 0 Å². The van der Waals surface area contributed by atoms with Crippen molar-refractivity contribution in [3.05, 3.63) is 0 Å². The van der Waals surface area contributed by atoms with Crippen LogP contribution >= 0.6 is 0 Å². The predicted molar refractivity (Wildman–Crippen MR) is 54.7 cm³/mol. The van der Waals surface area contributed by atoms with Gasteiger partial charge in [0.1, 0.15) is 0 Å². The van der Waals surface area contributed by atoms with Gasteiger partial charge in [-0.1, -0.05) is 0 Å². The van der Waals surface area contributed by atoms with Crippen LogP contribution in [0.4, 0.5) is 0 Å². The minimum atomic E-state index is -1.08. The van der Waals surface area contributed by atoms with Crippen molar-refractivity contribution in [3.63, 3.8) is 0 Å². The van der Waals surface area contributed by atoms with Crippen LogP contribution in [0.1, 0.15) is 27.7 Å². The SMILES string of the molecule is CC(=O)[O-].CC(=O)[O-].CC(=O)[O-].CC(=O)[O-].[Cu+2].[NH4+].[NH4+]. The van der Waals surface area contributed by atoms with Crippen molar-refractivity contribution in [2.24, 2.45) is 0 Å². The molecule has 0 aliphatic rings. The molecule has 11 heteroatoms. The molecule has 0 amide bonds. The first-order chi connectivity index (χ1) is 6.93. The smallest absolute Gasteiger partial charge is 0.550 e. The van der Waals surface area contributed by atoms with Crippen LogP contribution < -0.4 is 32.7 Å². The van der Waals surface area contributed by atoms with E-state index in [0.29, 0.717) is 0 Å². The van der Waals surface area contributed by atoms with Gasteiger partial charge >= 0.3 is 17.1 Å². The maximum absolute atomic E-state index is 8.89. The van der Waals surface area contributed by atoms with Gasteiger partial charge in [-0.05, 0) is 27.7 Å². The van der Waals surface area contributed by atoms with E-state index >= 15 is 0 Å². The fourth-order valence-electron chi connectivity index (χ4n) is 0. The zero-order valence-corrected chi connectivity index (χ0v) is 12.5. The average molecular weight is 336 g/mol. The van der Waals surface area contributed by atoms with Crippen LogP contribution in [-0.2, 0) is 36.2 Å². The first kappa shape index (κ1) is 43.3. The number of rotatable bonds is 0. The van der Waals surface area contributed by atoms with E-state index in [9.17, 15) is 0 Å². The number of carboxylic acids is 4.